The number of carbonyl (C=O) groups is 7. The van der Waals surface area contributed by atoms with E-state index in [-0.39, 0.29) is 19.4 Å². The molecule has 1 aliphatic rings. The topological polar surface area (TPSA) is 200 Å². The van der Waals surface area contributed by atoms with Crippen LogP contribution in [0.5, 0.6) is 0 Å². The van der Waals surface area contributed by atoms with E-state index in [4.69, 9.17) is 11.6 Å². The number of esters is 1. The van der Waals surface area contributed by atoms with Crippen LogP contribution in [-0.4, -0.2) is 107 Å². The summed E-state index contributed by atoms with van der Waals surface area (Å²) in [5.74, 6) is -4.56. The molecule has 1 fully saturated rings. The molecule has 0 spiro atoms. The zero-order valence-electron chi connectivity index (χ0n) is 22.7. The standard InChI is InChI=1S/C24H38ClN5O9/c1-12(26-18(33)8-9-19(34)39-5)21(35)27-13(2)22(36)28-14(3)24(38)30-10-6-7-16(30)23(37)29-20(15(4)31)17(32)11-25/h12-16,20,31H,6-11H2,1-5H3,(H,26,33)(H,27,35)(H,28,36)(H,29,37)/t12-,13-,14-,15+,16-,20-/m0/s1. The number of halogens is 1. The van der Waals surface area contributed by atoms with Crippen molar-refractivity contribution >= 4 is 52.9 Å². The van der Waals surface area contributed by atoms with Crippen molar-refractivity contribution in [1.29, 1.82) is 0 Å². The molecule has 0 aliphatic carbocycles. The van der Waals surface area contributed by atoms with Crippen LogP contribution in [0.25, 0.3) is 0 Å². The van der Waals surface area contributed by atoms with Crippen molar-refractivity contribution in [1.82, 2.24) is 26.2 Å². The molecule has 0 unspecified atom stereocenters. The quantitative estimate of drug-likeness (QED) is 0.116. The van der Waals surface area contributed by atoms with E-state index >= 15 is 0 Å². The number of alkyl halides is 1. The molecule has 39 heavy (non-hydrogen) atoms. The monoisotopic (exact) mass is 575 g/mol. The van der Waals surface area contributed by atoms with Gasteiger partial charge in [-0.2, -0.15) is 0 Å². The number of nitrogens with one attached hydrogen (secondary N) is 4. The summed E-state index contributed by atoms with van der Waals surface area (Å²) in [5.41, 5.74) is 0. The Bertz CT molecular complexity index is 945. The molecular weight excluding hydrogens is 538 g/mol. The smallest absolute Gasteiger partial charge is 0.306 e. The minimum absolute atomic E-state index is 0.145. The first-order chi connectivity index (χ1) is 18.2. The highest BCUT2D eigenvalue weighted by Crippen LogP contribution is 2.19. The molecule has 15 heteroatoms. The number of amides is 5. The number of methoxy groups -OCH3 is 1. The number of carbonyl (C=O) groups excluding carboxylic acids is 7. The highest BCUT2D eigenvalue weighted by Gasteiger charge is 2.38. The first-order valence-electron chi connectivity index (χ1n) is 12.6. The lowest BCUT2D eigenvalue weighted by molar-refractivity contribution is -0.142. The Hall–Kier alpha value is -3.26. The first kappa shape index (κ1) is 33.8. The number of likely N-dealkylation sites (tertiary alicyclic amines) is 1. The maximum absolute atomic E-state index is 13.0. The molecule has 5 amide bonds. The number of aliphatic hydroxyl groups is 1. The van der Waals surface area contributed by atoms with Crippen molar-refractivity contribution in [3.63, 3.8) is 0 Å². The normalized spacial score (nSPS) is 18.5. The molecule has 0 radical (unpaired) electrons. The lowest BCUT2D eigenvalue weighted by Gasteiger charge is -2.29. The Labute approximate surface area is 231 Å². The molecule has 0 aromatic carbocycles. The Morgan fingerprint density at radius 2 is 1.46 bits per heavy atom. The van der Waals surface area contributed by atoms with Crippen LogP contribution in [0, 0.1) is 0 Å². The largest absolute Gasteiger partial charge is 0.469 e. The maximum atomic E-state index is 13.0. The number of hydrogen-bond donors (Lipinski definition) is 5. The van der Waals surface area contributed by atoms with E-state index in [1.165, 1.54) is 39.7 Å². The van der Waals surface area contributed by atoms with Crippen LogP contribution >= 0.6 is 11.6 Å². The summed E-state index contributed by atoms with van der Waals surface area (Å²) >= 11 is 5.55. The van der Waals surface area contributed by atoms with Crippen LogP contribution in [0.3, 0.4) is 0 Å². The van der Waals surface area contributed by atoms with Gasteiger partial charge in [0.25, 0.3) is 0 Å². The van der Waals surface area contributed by atoms with E-state index in [2.05, 4.69) is 26.0 Å². The second kappa shape index (κ2) is 16.0. The summed E-state index contributed by atoms with van der Waals surface area (Å²) in [6.45, 7) is 5.82. The van der Waals surface area contributed by atoms with Gasteiger partial charge in [0, 0.05) is 13.0 Å². The Kier molecular flexibility index (Phi) is 13.8. The zero-order valence-corrected chi connectivity index (χ0v) is 23.5. The second-order valence-corrected chi connectivity index (χ2v) is 9.61. The van der Waals surface area contributed by atoms with Crippen molar-refractivity contribution in [3.05, 3.63) is 0 Å². The number of Topliss-reactive ketones (excluding diaryl/α,β-unsaturated/α-hetero) is 1. The van der Waals surface area contributed by atoms with Crippen molar-refractivity contribution in [3.8, 4) is 0 Å². The van der Waals surface area contributed by atoms with Gasteiger partial charge in [0.15, 0.2) is 5.78 Å². The third kappa shape index (κ3) is 10.4. The van der Waals surface area contributed by atoms with Crippen LogP contribution in [0.4, 0.5) is 0 Å². The number of rotatable bonds is 14. The van der Waals surface area contributed by atoms with Gasteiger partial charge in [0.2, 0.25) is 29.5 Å². The van der Waals surface area contributed by atoms with Crippen molar-refractivity contribution < 1.29 is 43.4 Å². The van der Waals surface area contributed by atoms with Crippen LogP contribution in [0.2, 0.25) is 0 Å². The van der Waals surface area contributed by atoms with E-state index in [0.29, 0.717) is 12.8 Å². The molecular formula is C24H38ClN5O9. The van der Waals surface area contributed by atoms with Gasteiger partial charge in [-0.3, -0.25) is 33.6 Å². The Morgan fingerprint density at radius 1 is 0.897 bits per heavy atom. The van der Waals surface area contributed by atoms with Gasteiger partial charge in [-0.15, -0.1) is 11.6 Å². The average Bonchev–Trinajstić information content (AvgIpc) is 3.38. The predicted molar refractivity (Wildman–Crippen MR) is 138 cm³/mol. The molecule has 1 heterocycles. The number of ether oxygens (including phenoxy) is 1. The summed E-state index contributed by atoms with van der Waals surface area (Å²) in [6.07, 6.45) is -0.652. The summed E-state index contributed by atoms with van der Waals surface area (Å²) < 4.78 is 4.45. The molecule has 14 nitrogen and oxygen atoms in total. The number of ketones is 1. The van der Waals surface area contributed by atoms with E-state index in [9.17, 15) is 38.7 Å². The van der Waals surface area contributed by atoms with Crippen LogP contribution < -0.4 is 21.3 Å². The maximum Gasteiger partial charge on any atom is 0.306 e. The minimum Gasteiger partial charge on any atom is -0.469 e. The van der Waals surface area contributed by atoms with Crippen LogP contribution in [0.1, 0.15) is 53.4 Å². The van der Waals surface area contributed by atoms with Crippen molar-refractivity contribution in [2.75, 3.05) is 19.5 Å². The molecule has 220 valence electrons. The fourth-order valence-electron chi connectivity index (χ4n) is 3.86. The van der Waals surface area contributed by atoms with Crippen molar-refractivity contribution in [2.45, 2.75) is 89.7 Å². The summed E-state index contributed by atoms with van der Waals surface area (Å²) in [6, 6.07) is -5.22. The Morgan fingerprint density at radius 3 is 2.00 bits per heavy atom. The van der Waals surface area contributed by atoms with Gasteiger partial charge < -0.3 is 36.0 Å². The molecule has 0 aromatic heterocycles. The number of nitrogens with zero attached hydrogens (tertiary/aromatic N) is 1. The number of hydrogen-bond acceptors (Lipinski definition) is 9. The van der Waals surface area contributed by atoms with Gasteiger partial charge >= 0.3 is 5.97 Å². The fraction of sp³-hybridized carbons (Fsp3) is 0.708. The highest BCUT2D eigenvalue weighted by molar-refractivity contribution is 6.28. The van der Waals surface area contributed by atoms with Gasteiger partial charge in [-0.1, -0.05) is 0 Å². The summed E-state index contributed by atoms with van der Waals surface area (Å²) in [5, 5.41) is 19.6. The summed E-state index contributed by atoms with van der Waals surface area (Å²) in [4.78, 5) is 87.1. The molecule has 5 N–H and O–H groups in total. The van der Waals surface area contributed by atoms with E-state index in [0.717, 1.165) is 0 Å². The molecule has 0 saturated carbocycles. The first-order valence-corrected chi connectivity index (χ1v) is 13.1. The molecule has 0 aromatic rings. The van der Waals surface area contributed by atoms with Crippen LogP contribution in [-0.2, 0) is 38.3 Å². The third-order valence-corrected chi connectivity index (χ3v) is 6.40. The van der Waals surface area contributed by atoms with Gasteiger partial charge in [-0.05, 0) is 40.5 Å². The lowest BCUT2D eigenvalue weighted by atomic mass is 10.1. The highest BCUT2D eigenvalue weighted by atomic mass is 35.5. The molecule has 6 atom stereocenters. The fourth-order valence-corrected chi connectivity index (χ4v) is 4.02. The van der Waals surface area contributed by atoms with E-state index < -0.39 is 83.5 Å². The SMILES string of the molecule is COC(=O)CCC(=O)N[C@@H](C)C(=O)N[C@@H](C)C(=O)N[C@@H](C)C(=O)N1CCC[C@H]1C(=O)N[C@H](C(=O)CCl)[C@@H](C)O. The third-order valence-electron chi connectivity index (χ3n) is 6.13. The minimum atomic E-state index is -1.21. The van der Waals surface area contributed by atoms with Gasteiger partial charge in [-0.25, -0.2) is 0 Å². The molecule has 1 rings (SSSR count). The molecule has 0 bridgehead atoms. The van der Waals surface area contributed by atoms with Crippen LogP contribution in [0.15, 0.2) is 0 Å². The molecule has 1 aliphatic heterocycles. The van der Waals surface area contributed by atoms with Gasteiger partial charge in [0.05, 0.1) is 25.5 Å². The zero-order chi connectivity index (χ0) is 29.9. The lowest BCUT2D eigenvalue weighted by Crippen LogP contribution is -2.58. The average molecular weight is 576 g/mol. The van der Waals surface area contributed by atoms with Gasteiger partial charge in [0.1, 0.15) is 30.2 Å². The van der Waals surface area contributed by atoms with E-state index in [1.54, 1.807) is 0 Å². The summed E-state index contributed by atoms with van der Waals surface area (Å²) in [7, 11) is 1.19. The second-order valence-electron chi connectivity index (χ2n) is 9.34. The van der Waals surface area contributed by atoms with E-state index in [1.807, 2.05) is 0 Å². The number of aliphatic hydroxyl groups excluding tert-OH is 1. The molecule has 1 saturated heterocycles. The Balaban J connectivity index is 2.66. The van der Waals surface area contributed by atoms with Crippen molar-refractivity contribution in [2.24, 2.45) is 0 Å². The predicted octanol–water partition coefficient (Wildman–Crippen LogP) is -1.88.